The Morgan fingerprint density at radius 1 is 0.881 bits per heavy atom. The average molecular weight is 606 g/mol. The van der Waals surface area contributed by atoms with Crippen LogP contribution in [-0.4, -0.2) is 30.5 Å². The summed E-state index contributed by atoms with van der Waals surface area (Å²) in [6, 6.07) is 25.5. The van der Waals surface area contributed by atoms with Crippen LogP contribution in [0.4, 0.5) is 15.8 Å². The highest BCUT2D eigenvalue weighted by Gasteiger charge is 2.29. The number of thioether (sulfide) groups is 1. The highest BCUT2D eigenvalue weighted by molar-refractivity contribution is 8.00. The summed E-state index contributed by atoms with van der Waals surface area (Å²) in [5.74, 6) is -1.25. The number of hydrogen-bond acceptors (Lipinski definition) is 7. The lowest BCUT2D eigenvalue weighted by Crippen LogP contribution is -2.34. The molecule has 0 spiro atoms. The second-order valence-electron chi connectivity index (χ2n) is 9.96. The van der Waals surface area contributed by atoms with Gasteiger partial charge in [-0.1, -0.05) is 55.3 Å². The van der Waals surface area contributed by atoms with Gasteiger partial charge in [-0.3, -0.25) is 14.9 Å². The van der Waals surface area contributed by atoms with Crippen LogP contribution in [-0.2, 0) is 10.0 Å². The minimum atomic E-state index is -4.41. The van der Waals surface area contributed by atoms with E-state index in [4.69, 9.17) is 0 Å². The number of nitro benzene ring substituents is 1. The van der Waals surface area contributed by atoms with E-state index >= 15 is 0 Å². The first kappa shape index (κ1) is 29.3. The fourth-order valence-electron chi connectivity index (χ4n) is 4.92. The van der Waals surface area contributed by atoms with Gasteiger partial charge < -0.3 is 5.32 Å². The van der Waals surface area contributed by atoms with E-state index in [0.717, 1.165) is 47.8 Å². The molecular formula is C31H28FN3O5S2. The molecule has 1 aliphatic rings. The maximum Gasteiger partial charge on any atom is 0.293 e. The molecule has 2 N–H and O–H groups in total. The van der Waals surface area contributed by atoms with Gasteiger partial charge in [0.25, 0.3) is 21.6 Å². The van der Waals surface area contributed by atoms with E-state index < -0.39 is 25.7 Å². The molecule has 42 heavy (non-hydrogen) atoms. The molecule has 4 aromatic carbocycles. The quantitative estimate of drug-likeness (QED) is 0.155. The van der Waals surface area contributed by atoms with E-state index in [1.165, 1.54) is 36.4 Å². The Morgan fingerprint density at radius 2 is 1.52 bits per heavy atom. The minimum Gasteiger partial charge on any atom is -0.376 e. The fraction of sp³-hybridized carbons (Fsp3) is 0.194. The molecule has 0 aliphatic heterocycles. The lowest BCUT2D eigenvalue weighted by atomic mass is 9.94. The molecule has 5 rings (SSSR count). The van der Waals surface area contributed by atoms with Crippen molar-refractivity contribution in [2.75, 3.05) is 5.32 Å². The molecule has 1 aliphatic carbocycles. The summed E-state index contributed by atoms with van der Waals surface area (Å²) in [4.78, 5) is 24.9. The number of sulfonamides is 1. The Labute approximate surface area is 247 Å². The van der Waals surface area contributed by atoms with Gasteiger partial charge in [-0.05, 0) is 72.5 Å². The number of rotatable bonds is 9. The molecule has 216 valence electrons. The van der Waals surface area contributed by atoms with E-state index in [1.54, 1.807) is 36.0 Å². The predicted octanol–water partition coefficient (Wildman–Crippen LogP) is 7.04. The second-order valence-corrected chi connectivity index (χ2v) is 13.0. The zero-order chi connectivity index (χ0) is 29.7. The van der Waals surface area contributed by atoms with Crippen LogP contribution in [0.25, 0.3) is 11.1 Å². The summed E-state index contributed by atoms with van der Waals surface area (Å²) in [5.41, 5.74) is 1.37. The molecule has 0 bridgehead atoms. The van der Waals surface area contributed by atoms with Crippen molar-refractivity contribution in [1.29, 1.82) is 0 Å². The molecule has 0 radical (unpaired) electrons. The van der Waals surface area contributed by atoms with Crippen LogP contribution >= 0.6 is 11.8 Å². The number of carbonyl (C=O) groups excluding carboxylic acids is 1. The Hall–Kier alpha value is -4.22. The Kier molecular flexibility index (Phi) is 8.89. The van der Waals surface area contributed by atoms with Gasteiger partial charge in [-0.15, -0.1) is 11.8 Å². The molecule has 1 amide bonds. The number of nitrogens with zero attached hydrogens (tertiary/aromatic N) is 1. The Balaban J connectivity index is 1.31. The summed E-state index contributed by atoms with van der Waals surface area (Å²) in [6.07, 6.45) is 3.84. The molecule has 11 heteroatoms. The second kappa shape index (κ2) is 12.7. The molecule has 2 atom stereocenters. The summed E-state index contributed by atoms with van der Waals surface area (Å²) in [7, 11) is -4.41. The van der Waals surface area contributed by atoms with E-state index in [2.05, 4.69) is 5.32 Å². The highest BCUT2D eigenvalue weighted by Crippen LogP contribution is 2.37. The van der Waals surface area contributed by atoms with Crippen molar-refractivity contribution in [2.45, 2.75) is 46.8 Å². The minimum absolute atomic E-state index is 0.0392. The molecule has 0 aromatic heterocycles. The molecule has 1 fully saturated rings. The van der Waals surface area contributed by atoms with Gasteiger partial charge >= 0.3 is 0 Å². The van der Waals surface area contributed by atoms with Crippen molar-refractivity contribution in [1.82, 2.24) is 4.72 Å². The summed E-state index contributed by atoms with van der Waals surface area (Å²) in [6.45, 7) is 0. The van der Waals surface area contributed by atoms with E-state index in [0.29, 0.717) is 0 Å². The van der Waals surface area contributed by atoms with Crippen LogP contribution in [0.15, 0.2) is 107 Å². The standard InChI is InChI=1S/C31H28FN3O5S2/c32-24-16-14-22(15-17-24)21-10-12-23(13-11-21)31(36)34-42(39,40)26-18-19-27(29(20-26)35(37)38)33-28-8-4-5-9-30(28)41-25-6-2-1-3-7-25/h1-3,6-7,10-20,28,30,33H,4-5,8-9H2,(H,34,36)/t28-,30+/m1/s1. The van der Waals surface area contributed by atoms with Crippen molar-refractivity contribution in [2.24, 2.45) is 0 Å². The van der Waals surface area contributed by atoms with Gasteiger partial charge in [-0.2, -0.15) is 0 Å². The molecule has 1 saturated carbocycles. The van der Waals surface area contributed by atoms with Gasteiger partial charge in [0.15, 0.2) is 0 Å². The maximum atomic E-state index is 13.2. The number of amides is 1. The predicted molar refractivity (Wildman–Crippen MR) is 162 cm³/mol. The van der Waals surface area contributed by atoms with Crippen molar-refractivity contribution >= 4 is 39.1 Å². The molecule has 0 saturated heterocycles. The number of anilines is 1. The molecule has 8 nitrogen and oxygen atoms in total. The number of hydrogen-bond donors (Lipinski definition) is 2. The van der Waals surface area contributed by atoms with Crippen molar-refractivity contribution < 1.29 is 22.5 Å². The zero-order valence-electron chi connectivity index (χ0n) is 22.4. The average Bonchev–Trinajstić information content (AvgIpc) is 2.99. The van der Waals surface area contributed by atoms with Crippen LogP contribution in [0, 0.1) is 15.9 Å². The third kappa shape index (κ3) is 6.97. The highest BCUT2D eigenvalue weighted by atomic mass is 32.2. The number of benzene rings is 4. The molecular weight excluding hydrogens is 577 g/mol. The van der Waals surface area contributed by atoms with E-state index in [-0.39, 0.29) is 34.0 Å². The van der Waals surface area contributed by atoms with Crippen LogP contribution in [0.5, 0.6) is 0 Å². The first-order valence-corrected chi connectivity index (χ1v) is 15.8. The number of carbonyl (C=O) groups is 1. The first-order valence-electron chi connectivity index (χ1n) is 13.4. The van der Waals surface area contributed by atoms with Gasteiger partial charge in [0.2, 0.25) is 0 Å². The summed E-state index contributed by atoms with van der Waals surface area (Å²) >= 11 is 1.73. The third-order valence-corrected chi connectivity index (χ3v) is 9.84. The maximum absolute atomic E-state index is 13.2. The number of nitrogens with one attached hydrogen (secondary N) is 2. The summed E-state index contributed by atoms with van der Waals surface area (Å²) in [5, 5.41) is 15.5. The van der Waals surface area contributed by atoms with Crippen molar-refractivity contribution in [3.05, 3.63) is 119 Å². The monoisotopic (exact) mass is 605 g/mol. The zero-order valence-corrected chi connectivity index (χ0v) is 24.0. The van der Waals surface area contributed by atoms with E-state index in [1.807, 2.05) is 35.1 Å². The van der Waals surface area contributed by atoms with Crippen LogP contribution in [0.3, 0.4) is 0 Å². The first-order chi connectivity index (χ1) is 20.2. The Morgan fingerprint density at radius 3 is 2.19 bits per heavy atom. The lowest BCUT2D eigenvalue weighted by Gasteiger charge is -2.32. The molecule has 0 unspecified atom stereocenters. The van der Waals surface area contributed by atoms with Gasteiger partial charge in [0, 0.05) is 27.8 Å². The van der Waals surface area contributed by atoms with Crippen LogP contribution in [0.1, 0.15) is 36.0 Å². The van der Waals surface area contributed by atoms with Crippen molar-refractivity contribution in [3.8, 4) is 11.1 Å². The van der Waals surface area contributed by atoms with Crippen molar-refractivity contribution in [3.63, 3.8) is 0 Å². The summed E-state index contributed by atoms with van der Waals surface area (Å²) < 4.78 is 41.3. The largest absolute Gasteiger partial charge is 0.376 e. The topological polar surface area (TPSA) is 118 Å². The van der Waals surface area contributed by atoms with Gasteiger partial charge in [0.05, 0.1) is 9.82 Å². The number of halogens is 1. The number of nitro groups is 1. The van der Waals surface area contributed by atoms with Gasteiger partial charge in [-0.25, -0.2) is 17.5 Å². The molecule has 0 heterocycles. The fourth-order valence-corrected chi connectivity index (χ4v) is 7.24. The van der Waals surface area contributed by atoms with E-state index in [9.17, 15) is 27.7 Å². The SMILES string of the molecule is O=C(NS(=O)(=O)c1ccc(N[C@@H]2CCCC[C@@H]2Sc2ccccc2)c([N+](=O)[O-])c1)c1ccc(-c2ccc(F)cc2)cc1. The lowest BCUT2D eigenvalue weighted by molar-refractivity contribution is -0.384. The third-order valence-electron chi connectivity index (χ3n) is 7.10. The smallest absolute Gasteiger partial charge is 0.293 e. The molecule has 4 aromatic rings. The van der Waals surface area contributed by atoms with Gasteiger partial charge in [0.1, 0.15) is 11.5 Å². The van der Waals surface area contributed by atoms with Crippen LogP contribution in [0.2, 0.25) is 0 Å². The van der Waals surface area contributed by atoms with Crippen LogP contribution < -0.4 is 10.0 Å². The Bertz CT molecular complexity index is 1680. The normalized spacial score (nSPS) is 16.9.